The molecule has 5 rings (SSSR count). The van der Waals surface area contributed by atoms with E-state index in [-0.39, 0.29) is 11.1 Å². The summed E-state index contributed by atoms with van der Waals surface area (Å²) in [5.41, 5.74) is 8.04. The fraction of sp³-hybridized carbons (Fsp3) is 0.360. The summed E-state index contributed by atoms with van der Waals surface area (Å²) >= 11 is 0. The van der Waals surface area contributed by atoms with Crippen LogP contribution in [-0.2, 0) is 7.05 Å². The predicted octanol–water partition coefficient (Wildman–Crippen LogP) is 3.53. The molecule has 166 valence electrons. The molecule has 1 saturated heterocycles. The van der Waals surface area contributed by atoms with Crippen LogP contribution < -0.4 is 25.7 Å². The van der Waals surface area contributed by atoms with Crippen LogP contribution in [-0.4, -0.2) is 29.4 Å². The number of aromatic nitrogens is 1. The standard InChI is InChI=1S/C25H27N3O4/c1-25(2)31-19-9-8-16(14-20(19)32-25)15-10-12-28(13-11-15)22-17-6-4-5-7-18(17)27(3)24(30)21(22)23(26)29/h4-9,14-15H,10-13H2,1-3H3,(H2,26,29). The van der Waals surface area contributed by atoms with Crippen LogP contribution in [0.15, 0.2) is 47.3 Å². The van der Waals surface area contributed by atoms with E-state index in [0.717, 1.165) is 48.3 Å². The molecule has 0 bridgehead atoms. The number of fused-ring (bicyclic) bond motifs is 2. The van der Waals surface area contributed by atoms with Crippen molar-refractivity contribution in [1.29, 1.82) is 0 Å². The molecule has 32 heavy (non-hydrogen) atoms. The first kappa shape index (κ1) is 20.4. The van der Waals surface area contributed by atoms with E-state index in [1.54, 1.807) is 7.05 Å². The lowest BCUT2D eigenvalue weighted by Crippen LogP contribution is -2.38. The maximum atomic E-state index is 12.9. The van der Waals surface area contributed by atoms with Gasteiger partial charge in [0.25, 0.3) is 11.5 Å². The number of hydrogen-bond acceptors (Lipinski definition) is 5. The summed E-state index contributed by atoms with van der Waals surface area (Å²) in [4.78, 5) is 27.4. The number of hydrogen-bond donors (Lipinski definition) is 1. The Bertz CT molecular complexity index is 1290. The highest BCUT2D eigenvalue weighted by Crippen LogP contribution is 2.42. The Balaban J connectivity index is 1.46. The van der Waals surface area contributed by atoms with Gasteiger partial charge < -0.3 is 24.7 Å². The fourth-order valence-corrected chi connectivity index (χ4v) is 4.96. The van der Waals surface area contributed by atoms with Gasteiger partial charge >= 0.3 is 0 Å². The molecule has 0 spiro atoms. The van der Waals surface area contributed by atoms with Crippen molar-refractivity contribution in [2.75, 3.05) is 18.0 Å². The first-order chi connectivity index (χ1) is 15.2. The van der Waals surface area contributed by atoms with Gasteiger partial charge in [0, 0.05) is 39.4 Å². The predicted molar refractivity (Wildman–Crippen MR) is 124 cm³/mol. The van der Waals surface area contributed by atoms with Crippen molar-refractivity contribution in [3.05, 3.63) is 63.9 Å². The van der Waals surface area contributed by atoms with Crippen LogP contribution in [0.3, 0.4) is 0 Å². The number of pyridine rings is 1. The molecule has 7 nitrogen and oxygen atoms in total. The molecule has 0 unspecified atom stereocenters. The van der Waals surface area contributed by atoms with Gasteiger partial charge in [0.1, 0.15) is 5.56 Å². The molecular weight excluding hydrogens is 406 g/mol. The summed E-state index contributed by atoms with van der Waals surface area (Å²) < 4.78 is 13.2. The van der Waals surface area contributed by atoms with E-state index in [9.17, 15) is 9.59 Å². The third kappa shape index (κ3) is 3.28. The molecule has 2 aromatic carbocycles. The van der Waals surface area contributed by atoms with Gasteiger partial charge in [-0.3, -0.25) is 9.59 Å². The molecule has 1 fully saturated rings. The molecule has 2 aliphatic heterocycles. The minimum atomic E-state index is -0.688. The summed E-state index contributed by atoms with van der Waals surface area (Å²) in [5, 5.41) is 0.868. The van der Waals surface area contributed by atoms with Crippen LogP contribution in [0.2, 0.25) is 0 Å². The number of piperidine rings is 1. The minimum Gasteiger partial charge on any atom is -0.449 e. The van der Waals surface area contributed by atoms with E-state index in [1.165, 1.54) is 10.1 Å². The van der Waals surface area contributed by atoms with Crippen molar-refractivity contribution >= 4 is 22.5 Å². The smallest absolute Gasteiger partial charge is 0.265 e. The van der Waals surface area contributed by atoms with E-state index < -0.39 is 11.7 Å². The number of aryl methyl sites for hydroxylation is 1. The van der Waals surface area contributed by atoms with Gasteiger partial charge in [-0.15, -0.1) is 0 Å². The Morgan fingerprint density at radius 2 is 1.75 bits per heavy atom. The highest BCUT2D eigenvalue weighted by atomic mass is 16.7. The molecule has 1 aromatic heterocycles. The Morgan fingerprint density at radius 1 is 1.06 bits per heavy atom. The van der Waals surface area contributed by atoms with Crippen molar-refractivity contribution in [3.63, 3.8) is 0 Å². The zero-order chi connectivity index (χ0) is 22.6. The summed E-state index contributed by atoms with van der Waals surface area (Å²) in [5.74, 6) is 0.582. The van der Waals surface area contributed by atoms with Crippen molar-refractivity contribution in [1.82, 2.24) is 4.57 Å². The van der Waals surface area contributed by atoms with Crippen LogP contribution in [0, 0.1) is 0 Å². The van der Waals surface area contributed by atoms with E-state index >= 15 is 0 Å². The highest BCUT2D eigenvalue weighted by Gasteiger charge is 2.33. The topological polar surface area (TPSA) is 86.8 Å². The van der Waals surface area contributed by atoms with Crippen molar-refractivity contribution in [2.45, 2.75) is 38.4 Å². The number of anilines is 1. The number of nitrogens with two attached hydrogens (primary N) is 1. The molecule has 0 saturated carbocycles. The first-order valence-electron chi connectivity index (χ1n) is 10.9. The number of carbonyl (C=O) groups is 1. The average Bonchev–Trinajstić information content (AvgIpc) is 3.09. The minimum absolute atomic E-state index is 0.0648. The summed E-state index contributed by atoms with van der Waals surface area (Å²) in [6.07, 6.45) is 1.79. The van der Waals surface area contributed by atoms with Crippen molar-refractivity contribution < 1.29 is 14.3 Å². The lowest BCUT2D eigenvalue weighted by Gasteiger charge is -2.35. The second kappa shape index (κ2) is 7.29. The Morgan fingerprint density at radius 3 is 2.47 bits per heavy atom. The Hall–Kier alpha value is -3.48. The molecule has 2 N–H and O–H groups in total. The summed E-state index contributed by atoms with van der Waals surface area (Å²) in [7, 11) is 1.67. The maximum absolute atomic E-state index is 12.9. The van der Waals surface area contributed by atoms with Gasteiger partial charge in [0.2, 0.25) is 5.79 Å². The van der Waals surface area contributed by atoms with Crippen molar-refractivity contribution in [3.8, 4) is 11.5 Å². The van der Waals surface area contributed by atoms with Gasteiger partial charge in [-0.25, -0.2) is 0 Å². The summed E-state index contributed by atoms with van der Waals surface area (Å²) in [6, 6.07) is 13.8. The van der Waals surface area contributed by atoms with Gasteiger partial charge in [-0.05, 0) is 42.5 Å². The van der Waals surface area contributed by atoms with Crippen molar-refractivity contribution in [2.24, 2.45) is 12.8 Å². The normalized spacial score (nSPS) is 17.7. The van der Waals surface area contributed by atoms with E-state index in [0.29, 0.717) is 11.6 Å². The van der Waals surface area contributed by atoms with Gasteiger partial charge in [0.15, 0.2) is 11.5 Å². The molecule has 7 heteroatoms. The van der Waals surface area contributed by atoms with Crippen LogP contribution in [0.25, 0.3) is 10.9 Å². The highest BCUT2D eigenvalue weighted by molar-refractivity contribution is 6.06. The van der Waals surface area contributed by atoms with E-state index in [2.05, 4.69) is 17.0 Å². The number of nitrogens with zero attached hydrogens (tertiary/aromatic N) is 2. The molecule has 2 aliphatic rings. The largest absolute Gasteiger partial charge is 0.449 e. The number of ether oxygens (including phenoxy) is 2. The molecule has 0 aliphatic carbocycles. The first-order valence-corrected chi connectivity index (χ1v) is 10.9. The quantitative estimate of drug-likeness (QED) is 0.683. The number of rotatable bonds is 3. The lowest BCUT2D eigenvalue weighted by atomic mass is 9.88. The van der Waals surface area contributed by atoms with Crippen LogP contribution in [0.5, 0.6) is 11.5 Å². The summed E-state index contributed by atoms with van der Waals surface area (Å²) in [6.45, 7) is 5.25. The molecule has 0 radical (unpaired) electrons. The lowest BCUT2D eigenvalue weighted by molar-refractivity contribution is -0.0431. The molecule has 3 heterocycles. The third-order valence-electron chi connectivity index (χ3n) is 6.48. The zero-order valence-corrected chi connectivity index (χ0v) is 18.6. The monoisotopic (exact) mass is 433 g/mol. The van der Waals surface area contributed by atoms with E-state index in [4.69, 9.17) is 15.2 Å². The number of para-hydroxylation sites is 1. The van der Waals surface area contributed by atoms with Crippen LogP contribution in [0.1, 0.15) is 48.5 Å². The number of benzene rings is 2. The fourth-order valence-electron chi connectivity index (χ4n) is 4.96. The second-order valence-electron chi connectivity index (χ2n) is 9.04. The van der Waals surface area contributed by atoms with Gasteiger partial charge in [0.05, 0.1) is 11.2 Å². The van der Waals surface area contributed by atoms with Gasteiger partial charge in [-0.2, -0.15) is 0 Å². The Kier molecular flexibility index (Phi) is 4.65. The zero-order valence-electron chi connectivity index (χ0n) is 18.6. The number of primary amides is 1. The second-order valence-corrected chi connectivity index (χ2v) is 9.04. The van der Waals surface area contributed by atoms with E-state index in [1.807, 2.05) is 44.2 Å². The Labute approximate surface area is 186 Å². The number of amides is 1. The molecular formula is C25H27N3O4. The number of carbonyl (C=O) groups excluding carboxylic acids is 1. The van der Waals surface area contributed by atoms with Crippen LogP contribution in [0.4, 0.5) is 5.69 Å². The maximum Gasteiger partial charge on any atom is 0.265 e. The third-order valence-corrected chi connectivity index (χ3v) is 6.48. The molecule has 3 aromatic rings. The van der Waals surface area contributed by atoms with Crippen LogP contribution >= 0.6 is 0 Å². The molecule has 0 atom stereocenters. The SMILES string of the molecule is Cn1c(=O)c(C(N)=O)c(N2CCC(c3ccc4c(c3)OC(C)(C)O4)CC2)c2ccccc21. The van der Waals surface area contributed by atoms with Gasteiger partial charge in [-0.1, -0.05) is 24.3 Å². The molecule has 1 amide bonds. The average molecular weight is 434 g/mol.